The average Bonchev–Trinajstić information content (AvgIpc) is 2.33. The van der Waals surface area contributed by atoms with Gasteiger partial charge in [0.1, 0.15) is 5.54 Å². The summed E-state index contributed by atoms with van der Waals surface area (Å²) < 4.78 is 0. The van der Waals surface area contributed by atoms with Crippen molar-refractivity contribution in [3.05, 3.63) is 23.8 Å². The summed E-state index contributed by atoms with van der Waals surface area (Å²) in [7, 11) is 0. The predicted molar refractivity (Wildman–Crippen MR) is 70.0 cm³/mol. The van der Waals surface area contributed by atoms with Gasteiger partial charge in [-0.3, -0.25) is 4.79 Å². The number of hydrogen-bond donors (Lipinski definition) is 2. The smallest absolute Gasteiger partial charge is 0.245 e. The molecule has 2 rings (SSSR count). The van der Waals surface area contributed by atoms with E-state index >= 15 is 0 Å². The number of carbonyl (C=O) groups excluding carboxylic acids is 1. The lowest BCUT2D eigenvalue weighted by molar-refractivity contribution is -0.126. The molecule has 0 atom stereocenters. The second-order valence-electron chi connectivity index (χ2n) is 4.85. The Morgan fingerprint density at radius 2 is 2.22 bits per heavy atom. The minimum absolute atomic E-state index is 0.0162. The third kappa shape index (κ3) is 1.86. The van der Waals surface area contributed by atoms with E-state index in [0.717, 1.165) is 5.69 Å². The molecule has 1 heterocycles. The quantitative estimate of drug-likeness (QED) is 0.718. The molecule has 1 aromatic rings. The maximum Gasteiger partial charge on any atom is 0.245 e. The van der Waals surface area contributed by atoms with Crippen LogP contribution in [0, 0.1) is 11.3 Å². The number of amides is 1. The van der Waals surface area contributed by atoms with Gasteiger partial charge in [-0.05, 0) is 32.0 Å². The van der Waals surface area contributed by atoms with Crippen molar-refractivity contribution >= 4 is 17.3 Å². The van der Waals surface area contributed by atoms with Crippen molar-refractivity contribution in [3.8, 4) is 6.07 Å². The Kier molecular flexibility index (Phi) is 2.87. The van der Waals surface area contributed by atoms with Gasteiger partial charge in [-0.15, -0.1) is 0 Å². The van der Waals surface area contributed by atoms with Gasteiger partial charge in [0.05, 0.1) is 23.0 Å². The summed E-state index contributed by atoms with van der Waals surface area (Å²) in [4.78, 5) is 13.9. The molecule has 0 aromatic heterocycles. The number of rotatable bonds is 1. The number of piperazine rings is 1. The fourth-order valence-electron chi connectivity index (χ4n) is 2.19. The summed E-state index contributed by atoms with van der Waals surface area (Å²) in [6, 6.07) is 7.20. The van der Waals surface area contributed by atoms with Crippen molar-refractivity contribution < 1.29 is 4.79 Å². The largest absolute Gasteiger partial charge is 0.397 e. The zero-order valence-electron chi connectivity index (χ0n) is 10.5. The highest BCUT2D eigenvalue weighted by Crippen LogP contribution is 2.31. The first-order chi connectivity index (χ1) is 8.46. The number of nitrogens with one attached hydrogen (secondary N) is 1. The molecule has 0 spiro atoms. The van der Waals surface area contributed by atoms with Crippen LogP contribution in [0.15, 0.2) is 18.2 Å². The maximum atomic E-state index is 11.9. The molecule has 0 aliphatic carbocycles. The van der Waals surface area contributed by atoms with Gasteiger partial charge in [-0.25, -0.2) is 0 Å². The van der Waals surface area contributed by atoms with Crippen LogP contribution in [0.2, 0.25) is 0 Å². The van der Waals surface area contributed by atoms with E-state index < -0.39 is 5.54 Å². The second-order valence-corrected chi connectivity index (χ2v) is 4.85. The molecule has 0 saturated carbocycles. The predicted octanol–water partition coefficient (Wildman–Crippen LogP) is 0.855. The number of nitriles is 1. The van der Waals surface area contributed by atoms with Gasteiger partial charge in [0.25, 0.3) is 0 Å². The Hall–Kier alpha value is -2.22. The van der Waals surface area contributed by atoms with Crippen molar-refractivity contribution in [2.75, 3.05) is 23.7 Å². The molecule has 1 aromatic carbocycles. The van der Waals surface area contributed by atoms with Crippen LogP contribution in [0.5, 0.6) is 0 Å². The SMILES string of the molecule is CC1(C)C(=O)NCCN1c1ccc(C#N)cc1N. The molecular weight excluding hydrogens is 228 g/mol. The third-order valence-electron chi connectivity index (χ3n) is 3.30. The molecule has 5 nitrogen and oxygen atoms in total. The molecule has 5 heteroatoms. The number of hydrogen-bond acceptors (Lipinski definition) is 4. The molecule has 0 unspecified atom stereocenters. The van der Waals surface area contributed by atoms with Crippen molar-refractivity contribution in [1.29, 1.82) is 5.26 Å². The molecule has 1 aliphatic heterocycles. The lowest BCUT2D eigenvalue weighted by atomic mass is 9.97. The summed E-state index contributed by atoms with van der Waals surface area (Å²) in [5.74, 6) is -0.0162. The Morgan fingerprint density at radius 1 is 1.50 bits per heavy atom. The van der Waals surface area contributed by atoms with Crippen LogP contribution in [0.4, 0.5) is 11.4 Å². The fourth-order valence-corrected chi connectivity index (χ4v) is 2.19. The van der Waals surface area contributed by atoms with Crippen LogP contribution in [-0.2, 0) is 4.79 Å². The normalized spacial score (nSPS) is 18.1. The summed E-state index contributed by atoms with van der Waals surface area (Å²) >= 11 is 0. The van der Waals surface area contributed by atoms with Gasteiger partial charge in [-0.2, -0.15) is 5.26 Å². The number of nitrogens with two attached hydrogens (primary N) is 1. The molecule has 3 N–H and O–H groups in total. The second kappa shape index (κ2) is 4.22. The van der Waals surface area contributed by atoms with E-state index in [-0.39, 0.29) is 5.91 Å². The first kappa shape index (κ1) is 12.2. The highest BCUT2D eigenvalue weighted by Gasteiger charge is 2.38. The van der Waals surface area contributed by atoms with E-state index in [1.54, 1.807) is 18.2 Å². The topological polar surface area (TPSA) is 82.2 Å². The molecule has 0 bridgehead atoms. The van der Waals surface area contributed by atoms with Crippen molar-refractivity contribution in [1.82, 2.24) is 5.32 Å². The highest BCUT2D eigenvalue weighted by molar-refractivity contribution is 5.91. The molecule has 0 radical (unpaired) electrons. The number of anilines is 2. The molecule has 1 saturated heterocycles. The maximum absolute atomic E-state index is 11.9. The number of carbonyl (C=O) groups is 1. The number of nitrogens with zero attached hydrogens (tertiary/aromatic N) is 2. The monoisotopic (exact) mass is 244 g/mol. The van der Waals surface area contributed by atoms with Crippen LogP contribution in [-0.4, -0.2) is 24.5 Å². The van der Waals surface area contributed by atoms with E-state index in [0.29, 0.717) is 24.3 Å². The Bertz CT molecular complexity index is 530. The summed E-state index contributed by atoms with van der Waals surface area (Å²) in [5, 5.41) is 11.7. The average molecular weight is 244 g/mol. The molecule has 1 fully saturated rings. The van der Waals surface area contributed by atoms with Crippen LogP contribution >= 0.6 is 0 Å². The van der Waals surface area contributed by atoms with E-state index in [9.17, 15) is 4.79 Å². The zero-order valence-corrected chi connectivity index (χ0v) is 10.5. The van der Waals surface area contributed by atoms with Gasteiger partial charge in [0.2, 0.25) is 5.91 Å². The zero-order chi connectivity index (χ0) is 13.3. The fraction of sp³-hybridized carbons (Fsp3) is 0.385. The highest BCUT2D eigenvalue weighted by atomic mass is 16.2. The first-order valence-corrected chi connectivity index (χ1v) is 5.82. The van der Waals surface area contributed by atoms with Gasteiger partial charge >= 0.3 is 0 Å². The van der Waals surface area contributed by atoms with Crippen LogP contribution in [0.3, 0.4) is 0 Å². The van der Waals surface area contributed by atoms with Crippen LogP contribution < -0.4 is 16.0 Å². The minimum atomic E-state index is -0.638. The van der Waals surface area contributed by atoms with E-state index in [1.165, 1.54) is 0 Å². The first-order valence-electron chi connectivity index (χ1n) is 5.82. The third-order valence-corrected chi connectivity index (χ3v) is 3.30. The van der Waals surface area contributed by atoms with Gasteiger partial charge in [0, 0.05) is 13.1 Å². The Labute approximate surface area is 106 Å². The van der Waals surface area contributed by atoms with E-state index in [4.69, 9.17) is 11.0 Å². The summed E-state index contributed by atoms with van der Waals surface area (Å²) in [5.41, 5.74) is 7.18. The van der Waals surface area contributed by atoms with E-state index in [2.05, 4.69) is 5.32 Å². The Morgan fingerprint density at radius 3 is 2.83 bits per heavy atom. The van der Waals surface area contributed by atoms with Crippen molar-refractivity contribution in [3.63, 3.8) is 0 Å². The lowest BCUT2D eigenvalue weighted by Crippen LogP contribution is -2.62. The molecule has 1 aliphatic rings. The molecule has 1 amide bonds. The van der Waals surface area contributed by atoms with Crippen molar-refractivity contribution in [2.24, 2.45) is 0 Å². The molecular formula is C13H16N4O. The minimum Gasteiger partial charge on any atom is -0.397 e. The Balaban J connectivity index is 2.42. The van der Waals surface area contributed by atoms with Crippen LogP contribution in [0.1, 0.15) is 19.4 Å². The van der Waals surface area contributed by atoms with Gasteiger partial charge in [-0.1, -0.05) is 0 Å². The summed E-state index contributed by atoms with van der Waals surface area (Å²) in [6.45, 7) is 5.02. The van der Waals surface area contributed by atoms with Gasteiger partial charge in [0.15, 0.2) is 0 Å². The van der Waals surface area contributed by atoms with Crippen molar-refractivity contribution in [2.45, 2.75) is 19.4 Å². The number of nitrogen functional groups attached to an aromatic ring is 1. The molecule has 94 valence electrons. The summed E-state index contributed by atoms with van der Waals surface area (Å²) in [6.07, 6.45) is 0. The standard InChI is InChI=1S/C13H16N4O/c1-13(2)12(18)16-5-6-17(13)11-4-3-9(8-14)7-10(11)15/h3-4,7H,5-6,15H2,1-2H3,(H,16,18). The lowest BCUT2D eigenvalue weighted by Gasteiger charge is -2.43. The molecule has 18 heavy (non-hydrogen) atoms. The van der Waals surface area contributed by atoms with Gasteiger partial charge < -0.3 is 16.0 Å². The van der Waals surface area contributed by atoms with Crippen LogP contribution in [0.25, 0.3) is 0 Å². The van der Waals surface area contributed by atoms with E-state index in [1.807, 2.05) is 24.8 Å². The number of benzene rings is 1.